The molecule has 2 aromatic rings. The van der Waals surface area contributed by atoms with Gasteiger partial charge in [-0.2, -0.15) is 16.7 Å². The maximum absolute atomic E-state index is 5.89. The molecule has 2 heterocycles. The SMILES string of the molecule is CCNC1CSCC1c1nc(Cc2ccc(Cl)cc2)no1. The van der Waals surface area contributed by atoms with Gasteiger partial charge in [0.25, 0.3) is 0 Å². The Bertz CT molecular complexity index is 587. The number of likely N-dealkylation sites (N-methyl/N-ethyl adjacent to an activating group) is 1. The van der Waals surface area contributed by atoms with Crippen LogP contribution in [0.3, 0.4) is 0 Å². The predicted molar refractivity (Wildman–Crippen MR) is 86.1 cm³/mol. The number of thioether (sulfide) groups is 1. The molecule has 6 heteroatoms. The van der Waals surface area contributed by atoms with E-state index < -0.39 is 0 Å². The van der Waals surface area contributed by atoms with Crippen LogP contribution in [0.25, 0.3) is 0 Å². The molecule has 0 bridgehead atoms. The van der Waals surface area contributed by atoms with E-state index in [2.05, 4.69) is 22.4 Å². The third-order valence-electron chi connectivity index (χ3n) is 3.62. The summed E-state index contributed by atoms with van der Waals surface area (Å²) < 4.78 is 5.48. The molecule has 0 aliphatic carbocycles. The molecule has 2 atom stereocenters. The summed E-state index contributed by atoms with van der Waals surface area (Å²) in [5.41, 5.74) is 1.13. The molecule has 2 unspecified atom stereocenters. The van der Waals surface area contributed by atoms with Crippen molar-refractivity contribution in [1.82, 2.24) is 15.5 Å². The molecule has 0 saturated carbocycles. The van der Waals surface area contributed by atoms with Crippen molar-refractivity contribution in [1.29, 1.82) is 0 Å². The van der Waals surface area contributed by atoms with E-state index in [0.29, 0.717) is 18.4 Å². The van der Waals surface area contributed by atoms with Crippen LogP contribution >= 0.6 is 23.4 Å². The lowest BCUT2D eigenvalue weighted by Gasteiger charge is -2.15. The largest absolute Gasteiger partial charge is 0.339 e. The summed E-state index contributed by atoms with van der Waals surface area (Å²) in [5.74, 6) is 3.96. The molecule has 4 nitrogen and oxygen atoms in total. The Morgan fingerprint density at radius 2 is 2.14 bits per heavy atom. The lowest BCUT2D eigenvalue weighted by molar-refractivity contribution is 0.338. The predicted octanol–water partition coefficient (Wildman–Crippen LogP) is 3.12. The zero-order valence-electron chi connectivity index (χ0n) is 11.9. The van der Waals surface area contributed by atoms with Crippen molar-refractivity contribution in [2.45, 2.75) is 25.3 Å². The average Bonchev–Trinajstić information content (AvgIpc) is 3.11. The van der Waals surface area contributed by atoms with Crippen LogP contribution in [-0.4, -0.2) is 34.2 Å². The summed E-state index contributed by atoms with van der Waals surface area (Å²) in [4.78, 5) is 4.58. The first-order chi connectivity index (χ1) is 10.3. The van der Waals surface area contributed by atoms with Crippen LogP contribution < -0.4 is 5.32 Å². The van der Waals surface area contributed by atoms with Gasteiger partial charge in [0, 0.05) is 29.0 Å². The second-order valence-corrected chi connectivity index (χ2v) is 6.67. The van der Waals surface area contributed by atoms with Crippen molar-refractivity contribution in [3.63, 3.8) is 0 Å². The molecule has 1 aromatic carbocycles. The summed E-state index contributed by atoms with van der Waals surface area (Å²) in [6.07, 6.45) is 0.673. The summed E-state index contributed by atoms with van der Waals surface area (Å²) >= 11 is 7.83. The van der Waals surface area contributed by atoms with Crippen molar-refractivity contribution in [3.8, 4) is 0 Å². The molecular weight excluding hydrogens is 306 g/mol. The van der Waals surface area contributed by atoms with E-state index in [1.165, 1.54) is 0 Å². The van der Waals surface area contributed by atoms with E-state index in [-0.39, 0.29) is 0 Å². The highest BCUT2D eigenvalue weighted by atomic mass is 35.5. The normalized spacial score (nSPS) is 21.8. The zero-order chi connectivity index (χ0) is 14.7. The molecule has 1 aliphatic heterocycles. The van der Waals surface area contributed by atoms with Gasteiger partial charge in [-0.05, 0) is 24.2 Å². The summed E-state index contributed by atoms with van der Waals surface area (Å²) in [6.45, 7) is 3.09. The fourth-order valence-electron chi connectivity index (χ4n) is 2.54. The second-order valence-electron chi connectivity index (χ2n) is 5.16. The number of benzene rings is 1. The molecular formula is C15H18ClN3OS. The van der Waals surface area contributed by atoms with Crippen LogP contribution in [0.1, 0.15) is 30.1 Å². The monoisotopic (exact) mass is 323 g/mol. The van der Waals surface area contributed by atoms with Gasteiger partial charge in [0.15, 0.2) is 5.82 Å². The van der Waals surface area contributed by atoms with Crippen molar-refractivity contribution in [2.75, 3.05) is 18.1 Å². The highest BCUT2D eigenvalue weighted by Gasteiger charge is 2.32. The van der Waals surface area contributed by atoms with Gasteiger partial charge in [0.05, 0.1) is 5.92 Å². The van der Waals surface area contributed by atoms with Gasteiger partial charge in [-0.1, -0.05) is 35.8 Å². The van der Waals surface area contributed by atoms with Gasteiger partial charge in [-0.3, -0.25) is 0 Å². The Morgan fingerprint density at radius 1 is 1.33 bits per heavy atom. The minimum absolute atomic E-state index is 0.321. The van der Waals surface area contributed by atoms with Gasteiger partial charge in [0.2, 0.25) is 5.89 Å². The number of hydrogen-bond donors (Lipinski definition) is 1. The Morgan fingerprint density at radius 3 is 2.90 bits per heavy atom. The molecule has 1 saturated heterocycles. The van der Waals surface area contributed by atoms with Crippen LogP contribution in [0.4, 0.5) is 0 Å². The molecule has 112 valence electrons. The van der Waals surface area contributed by atoms with Crippen LogP contribution in [0.2, 0.25) is 5.02 Å². The third kappa shape index (κ3) is 3.59. The highest BCUT2D eigenvalue weighted by Crippen LogP contribution is 2.32. The molecule has 1 N–H and O–H groups in total. The van der Waals surface area contributed by atoms with Crippen LogP contribution in [-0.2, 0) is 6.42 Å². The maximum Gasteiger partial charge on any atom is 0.232 e. The van der Waals surface area contributed by atoms with Gasteiger partial charge >= 0.3 is 0 Å². The van der Waals surface area contributed by atoms with Crippen LogP contribution in [0, 0.1) is 0 Å². The fourth-order valence-corrected chi connectivity index (χ4v) is 4.03. The van der Waals surface area contributed by atoms with Crippen molar-refractivity contribution in [2.24, 2.45) is 0 Å². The Labute approximate surface area is 133 Å². The molecule has 1 aliphatic rings. The average molecular weight is 324 g/mol. The van der Waals surface area contributed by atoms with Crippen molar-refractivity contribution < 1.29 is 4.52 Å². The second kappa shape index (κ2) is 6.81. The number of halogens is 1. The minimum Gasteiger partial charge on any atom is -0.339 e. The molecule has 0 amide bonds. The lowest BCUT2D eigenvalue weighted by Crippen LogP contribution is -2.34. The minimum atomic E-state index is 0.321. The number of nitrogens with one attached hydrogen (secondary N) is 1. The van der Waals surface area contributed by atoms with E-state index in [1.54, 1.807) is 0 Å². The molecule has 0 radical (unpaired) electrons. The van der Waals surface area contributed by atoms with E-state index >= 15 is 0 Å². The first-order valence-electron chi connectivity index (χ1n) is 7.14. The smallest absolute Gasteiger partial charge is 0.232 e. The first kappa shape index (κ1) is 14.9. The Kier molecular flexibility index (Phi) is 4.83. The summed E-state index contributed by atoms with van der Waals surface area (Å²) in [6, 6.07) is 8.18. The number of rotatable bonds is 5. The topological polar surface area (TPSA) is 51.0 Å². The molecule has 21 heavy (non-hydrogen) atoms. The number of aromatic nitrogens is 2. The van der Waals surface area contributed by atoms with E-state index in [0.717, 1.165) is 40.4 Å². The van der Waals surface area contributed by atoms with Gasteiger partial charge in [0.1, 0.15) is 0 Å². The van der Waals surface area contributed by atoms with E-state index in [9.17, 15) is 0 Å². The first-order valence-corrected chi connectivity index (χ1v) is 8.67. The Balaban J connectivity index is 1.69. The lowest BCUT2D eigenvalue weighted by atomic mass is 10.0. The van der Waals surface area contributed by atoms with Crippen LogP contribution in [0.5, 0.6) is 0 Å². The highest BCUT2D eigenvalue weighted by molar-refractivity contribution is 7.99. The van der Waals surface area contributed by atoms with Crippen molar-refractivity contribution >= 4 is 23.4 Å². The third-order valence-corrected chi connectivity index (χ3v) is 5.06. The Hall–Kier alpha value is -1.04. The molecule has 1 fully saturated rings. The van der Waals surface area contributed by atoms with Crippen LogP contribution in [0.15, 0.2) is 28.8 Å². The quantitative estimate of drug-likeness (QED) is 0.916. The summed E-state index contributed by atoms with van der Waals surface area (Å²) in [5, 5.41) is 8.35. The molecule has 0 spiro atoms. The number of nitrogens with zero attached hydrogens (tertiary/aromatic N) is 2. The van der Waals surface area contributed by atoms with E-state index in [1.807, 2.05) is 36.0 Å². The zero-order valence-corrected chi connectivity index (χ0v) is 13.5. The molecule has 3 rings (SSSR count). The van der Waals surface area contributed by atoms with Gasteiger partial charge < -0.3 is 9.84 Å². The number of hydrogen-bond acceptors (Lipinski definition) is 5. The van der Waals surface area contributed by atoms with Crippen molar-refractivity contribution in [3.05, 3.63) is 46.6 Å². The van der Waals surface area contributed by atoms with E-state index in [4.69, 9.17) is 16.1 Å². The molecule has 1 aromatic heterocycles. The summed E-state index contributed by atoms with van der Waals surface area (Å²) in [7, 11) is 0. The van der Waals surface area contributed by atoms with Gasteiger partial charge in [-0.15, -0.1) is 0 Å². The fraction of sp³-hybridized carbons (Fsp3) is 0.467. The van der Waals surface area contributed by atoms with Gasteiger partial charge in [-0.25, -0.2) is 0 Å². The standard InChI is InChI=1S/C15H18ClN3OS/c1-2-17-13-9-21-8-12(13)15-18-14(19-20-15)7-10-3-5-11(16)6-4-10/h3-6,12-13,17H,2,7-9H2,1H3. The maximum atomic E-state index is 5.89.